The van der Waals surface area contributed by atoms with Crippen LogP contribution >= 0.6 is 0 Å². The Labute approximate surface area is 158 Å². The number of ether oxygens (including phenoxy) is 2. The van der Waals surface area contributed by atoms with E-state index in [1.165, 1.54) is 26.4 Å². The number of hydrogen-bond donors (Lipinski definition) is 1. The molecule has 0 saturated heterocycles. The summed E-state index contributed by atoms with van der Waals surface area (Å²) in [5, 5.41) is 0. The molecule has 0 radical (unpaired) electrons. The highest BCUT2D eigenvalue weighted by molar-refractivity contribution is 7.89. The van der Waals surface area contributed by atoms with Crippen LogP contribution in [0.5, 0.6) is 11.5 Å². The number of rotatable bonds is 8. The van der Waals surface area contributed by atoms with E-state index >= 15 is 0 Å². The van der Waals surface area contributed by atoms with Crippen LogP contribution in [0.1, 0.15) is 11.1 Å². The van der Waals surface area contributed by atoms with Crippen LogP contribution in [0, 0.1) is 0 Å². The van der Waals surface area contributed by atoms with Gasteiger partial charge < -0.3 is 14.0 Å². The zero-order chi connectivity index (χ0) is 19.3. The van der Waals surface area contributed by atoms with Gasteiger partial charge in [0.05, 0.1) is 25.4 Å². The number of methoxy groups -OCH3 is 2. The van der Waals surface area contributed by atoms with Crippen LogP contribution in [0.15, 0.2) is 66.1 Å². The van der Waals surface area contributed by atoms with Gasteiger partial charge in [-0.3, -0.25) is 0 Å². The maximum absolute atomic E-state index is 12.6. The minimum atomic E-state index is -3.68. The molecule has 1 aromatic heterocycles. The summed E-state index contributed by atoms with van der Waals surface area (Å²) in [5.74, 6) is 0.839. The Bertz CT molecular complexity index is 1000. The minimum Gasteiger partial charge on any atom is -0.493 e. The normalized spacial score (nSPS) is 11.3. The second-order valence-electron chi connectivity index (χ2n) is 5.90. The van der Waals surface area contributed by atoms with Crippen molar-refractivity contribution in [2.75, 3.05) is 14.2 Å². The number of hydrogen-bond acceptors (Lipinski definition) is 5. The lowest BCUT2D eigenvalue weighted by atomic mass is 10.1. The fraction of sp³-hybridized carbons (Fsp3) is 0.211. The summed E-state index contributed by atoms with van der Waals surface area (Å²) < 4.78 is 40.1. The lowest BCUT2D eigenvalue weighted by molar-refractivity contribution is 0.354. The van der Waals surface area contributed by atoms with E-state index in [-0.39, 0.29) is 11.4 Å². The van der Waals surface area contributed by atoms with Crippen molar-refractivity contribution in [1.29, 1.82) is 0 Å². The van der Waals surface area contributed by atoms with E-state index in [9.17, 15) is 8.42 Å². The van der Waals surface area contributed by atoms with Gasteiger partial charge in [-0.15, -0.1) is 0 Å². The fourth-order valence-corrected chi connectivity index (χ4v) is 3.71. The molecule has 0 fully saturated rings. The molecular weight excluding hydrogens is 366 g/mol. The van der Waals surface area contributed by atoms with E-state index in [1.807, 2.05) is 35.0 Å². The molecule has 1 N–H and O–H groups in total. The summed E-state index contributed by atoms with van der Waals surface area (Å²) in [5.41, 5.74) is 1.94. The molecule has 0 aliphatic carbocycles. The molecule has 0 aliphatic rings. The molecule has 8 heteroatoms. The molecule has 3 aromatic rings. The first-order chi connectivity index (χ1) is 13.0. The summed E-state index contributed by atoms with van der Waals surface area (Å²) in [6, 6.07) is 12.2. The molecule has 142 valence electrons. The third-order valence-electron chi connectivity index (χ3n) is 4.05. The Kier molecular flexibility index (Phi) is 5.78. The van der Waals surface area contributed by atoms with Gasteiger partial charge in [0.2, 0.25) is 10.0 Å². The van der Waals surface area contributed by atoms with Gasteiger partial charge in [-0.05, 0) is 23.3 Å². The molecule has 0 atom stereocenters. The first-order valence-electron chi connectivity index (χ1n) is 8.27. The zero-order valence-corrected chi connectivity index (χ0v) is 15.9. The van der Waals surface area contributed by atoms with E-state index in [2.05, 4.69) is 9.71 Å². The van der Waals surface area contributed by atoms with Crippen molar-refractivity contribution in [3.8, 4) is 11.5 Å². The summed E-state index contributed by atoms with van der Waals surface area (Å²) >= 11 is 0. The van der Waals surface area contributed by atoms with E-state index in [0.29, 0.717) is 18.0 Å². The first kappa shape index (κ1) is 18.9. The van der Waals surface area contributed by atoms with Crippen LogP contribution in [-0.4, -0.2) is 32.2 Å². The Morgan fingerprint density at radius 1 is 1.04 bits per heavy atom. The van der Waals surface area contributed by atoms with E-state index in [1.54, 1.807) is 18.6 Å². The minimum absolute atomic E-state index is 0.120. The molecule has 3 rings (SSSR count). The van der Waals surface area contributed by atoms with Crippen molar-refractivity contribution >= 4 is 10.0 Å². The quantitative estimate of drug-likeness (QED) is 0.642. The number of nitrogens with one attached hydrogen (secondary N) is 1. The molecule has 0 aliphatic heterocycles. The van der Waals surface area contributed by atoms with Crippen LogP contribution < -0.4 is 14.2 Å². The SMILES string of the molecule is COc1ccc(S(=O)(=O)NCc2cccc(Cn3ccnc3)c2)cc1OC. The Balaban J connectivity index is 1.72. The molecule has 7 nitrogen and oxygen atoms in total. The molecule has 1 heterocycles. The second kappa shape index (κ2) is 8.24. The third kappa shape index (κ3) is 4.66. The number of sulfonamides is 1. The van der Waals surface area contributed by atoms with Gasteiger partial charge in [0.1, 0.15) is 0 Å². The highest BCUT2D eigenvalue weighted by atomic mass is 32.2. The van der Waals surface area contributed by atoms with Crippen molar-refractivity contribution in [3.05, 3.63) is 72.3 Å². The summed E-state index contributed by atoms with van der Waals surface area (Å²) in [6.07, 6.45) is 5.35. The lowest BCUT2D eigenvalue weighted by Gasteiger charge is -2.11. The molecule has 0 unspecified atom stereocenters. The Hall–Kier alpha value is -2.84. The molecule has 27 heavy (non-hydrogen) atoms. The smallest absolute Gasteiger partial charge is 0.241 e. The van der Waals surface area contributed by atoms with Crippen LogP contribution in [0.2, 0.25) is 0 Å². The Morgan fingerprint density at radius 3 is 2.52 bits per heavy atom. The van der Waals surface area contributed by atoms with Crippen molar-refractivity contribution in [1.82, 2.24) is 14.3 Å². The third-order valence-corrected chi connectivity index (χ3v) is 5.45. The molecule has 0 amide bonds. The van der Waals surface area contributed by atoms with Crippen molar-refractivity contribution in [3.63, 3.8) is 0 Å². The van der Waals surface area contributed by atoms with Crippen LogP contribution in [0.25, 0.3) is 0 Å². The van der Waals surface area contributed by atoms with Gasteiger partial charge in [-0.2, -0.15) is 0 Å². The number of aromatic nitrogens is 2. The highest BCUT2D eigenvalue weighted by Crippen LogP contribution is 2.29. The average Bonchev–Trinajstić information content (AvgIpc) is 3.19. The summed E-state index contributed by atoms with van der Waals surface area (Å²) in [4.78, 5) is 4.14. The van der Waals surface area contributed by atoms with Gasteiger partial charge >= 0.3 is 0 Å². The van der Waals surface area contributed by atoms with Gasteiger partial charge in [0.15, 0.2) is 11.5 Å². The highest BCUT2D eigenvalue weighted by Gasteiger charge is 2.17. The lowest BCUT2D eigenvalue weighted by Crippen LogP contribution is -2.23. The monoisotopic (exact) mass is 387 g/mol. The predicted octanol–water partition coefficient (Wildman–Crippen LogP) is 2.43. The van der Waals surface area contributed by atoms with Crippen molar-refractivity contribution in [2.24, 2.45) is 0 Å². The topological polar surface area (TPSA) is 82.5 Å². The van der Waals surface area contributed by atoms with Gasteiger partial charge in [-0.25, -0.2) is 18.1 Å². The summed E-state index contributed by atoms with van der Waals surface area (Å²) in [6.45, 7) is 0.866. The van der Waals surface area contributed by atoms with Crippen molar-refractivity contribution < 1.29 is 17.9 Å². The predicted molar refractivity (Wildman–Crippen MR) is 101 cm³/mol. The molecule has 0 spiro atoms. The van der Waals surface area contributed by atoms with Crippen LogP contribution in [0.4, 0.5) is 0 Å². The standard InChI is InChI=1S/C19H21N3O4S/c1-25-18-7-6-17(11-19(18)26-2)27(23,24)21-12-15-4-3-5-16(10-15)13-22-9-8-20-14-22/h3-11,14,21H,12-13H2,1-2H3. The average molecular weight is 387 g/mol. The number of benzene rings is 2. The molecule has 0 bridgehead atoms. The second-order valence-corrected chi connectivity index (χ2v) is 7.66. The maximum Gasteiger partial charge on any atom is 0.241 e. The maximum atomic E-state index is 12.6. The van der Waals surface area contributed by atoms with Crippen LogP contribution in [-0.2, 0) is 23.1 Å². The first-order valence-corrected chi connectivity index (χ1v) is 9.75. The Morgan fingerprint density at radius 2 is 1.81 bits per heavy atom. The van der Waals surface area contributed by atoms with E-state index in [4.69, 9.17) is 9.47 Å². The number of nitrogens with zero attached hydrogens (tertiary/aromatic N) is 2. The van der Waals surface area contributed by atoms with Crippen molar-refractivity contribution in [2.45, 2.75) is 18.0 Å². The largest absolute Gasteiger partial charge is 0.493 e. The molecule has 0 saturated carbocycles. The van der Waals surface area contributed by atoms with Gasteiger partial charge in [0.25, 0.3) is 0 Å². The molecular formula is C19H21N3O4S. The molecule has 2 aromatic carbocycles. The van der Waals surface area contributed by atoms with E-state index < -0.39 is 10.0 Å². The summed E-state index contributed by atoms with van der Waals surface area (Å²) in [7, 11) is -0.713. The van der Waals surface area contributed by atoms with Gasteiger partial charge in [-0.1, -0.05) is 24.3 Å². The van der Waals surface area contributed by atoms with Gasteiger partial charge in [0, 0.05) is 31.5 Å². The van der Waals surface area contributed by atoms with E-state index in [0.717, 1.165) is 11.1 Å². The van der Waals surface area contributed by atoms with Crippen LogP contribution in [0.3, 0.4) is 0 Å². The number of imidazole rings is 1. The fourth-order valence-electron chi connectivity index (χ4n) is 2.67. The zero-order valence-electron chi connectivity index (χ0n) is 15.1.